The lowest BCUT2D eigenvalue weighted by molar-refractivity contribution is 0.283. The van der Waals surface area contributed by atoms with Crippen molar-refractivity contribution in [2.75, 3.05) is 6.54 Å². The molecule has 0 amide bonds. The Labute approximate surface area is 119 Å². The third-order valence-electron chi connectivity index (χ3n) is 3.63. The van der Waals surface area contributed by atoms with E-state index in [2.05, 4.69) is 16.6 Å². The molecule has 0 aliphatic heterocycles. The summed E-state index contributed by atoms with van der Waals surface area (Å²) in [4.78, 5) is 3.87. The molecule has 0 spiro atoms. The van der Waals surface area contributed by atoms with Crippen molar-refractivity contribution >= 4 is 21.6 Å². The highest BCUT2D eigenvalue weighted by Crippen LogP contribution is 2.28. The van der Waals surface area contributed by atoms with Crippen LogP contribution in [0.4, 0.5) is 0 Å². The molecule has 0 aromatic carbocycles. The first kappa shape index (κ1) is 14.8. The van der Waals surface area contributed by atoms with Gasteiger partial charge in [0.05, 0.1) is 5.02 Å². The maximum Gasteiger partial charge on any atom is 0.243 e. The first-order chi connectivity index (χ1) is 8.99. The molecule has 0 bridgehead atoms. The molecule has 2 rings (SSSR count). The number of hydrogen-bond acceptors (Lipinski definition) is 3. The molecular formula is C13H19ClN2O2S. The first-order valence-electron chi connectivity index (χ1n) is 6.58. The van der Waals surface area contributed by atoms with E-state index in [0.29, 0.717) is 18.4 Å². The molecule has 1 heterocycles. The van der Waals surface area contributed by atoms with Crippen LogP contribution in [0.3, 0.4) is 0 Å². The smallest absolute Gasteiger partial charge is 0.243 e. The van der Waals surface area contributed by atoms with Crippen LogP contribution in [-0.4, -0.2) is 19.9 Å². The number of aromatic nitrogens is 1. The molecule has 1 aliphatic rings. The van der Waals surface area contributed by atoms with Crippen LogP contribution in [0.1, 0.15) is 32.6 Å². The Morgan fingerprint density at radius 1 is 1.47 bits per heavy atom. The van der Waals surface area contributed by atoms with E-state index in [4.69, 9.17) is 11.6 Å². The lowest BCUT2D eigenvalue weighted by atomic mass is 9.83. The Morgan fingerprint density at radius 3 is 2.95 bits per heavy atom. The fourth-order valence-electron chi connectivity index (χ4n) is 2.61. The SMILES string of the molecule is CC1CCCC(CNS(=O)(=O)c2cnccc2Cl)C1. The van der Waals surface area contributed by atoms with Crippen molar-refractivity contribution in [3.63, 3.8) is 0 Å². The zero-order valence-corrected chi connectivity index (χ0v) is 12.5. The fourth-order valence-corrected chi connectivity index (χ4v) is 4.16. The first-order valence-corrected chi connectivity index (χ1v) is 8.44. The number of hydrogen-bond donors (Lipinski definition) is 1. The number of halogens is 1. The normalized spacial score (nSPS) is 24.3. The second-order valence-electron chi connectivity index (χ2n) is 5.30. The molecule has 1 aromatic rings. The van der Waals surface area contributed by atoms with Gasteiger partial charge in [-0.3, -0.25) is 4.98 Å². The Bertz CT molecular complexity index is 533. The van der Waals surface area contributed by atoms with Gasteiger partial charge >= 0.3 is 0 Å². The van der Waals surface area contributed by atoms with Gasteiger partial charge in [0.1, 0.15) is 4.90 Å². The summed E-state index contributed by atoms with van der Waals surface area (Å²) in [5.74, 6) is 1.11. The van der Waals surface area contributed by atoms with Gasteiger partial charge in [-0.25, -0.2) is 13.1 Å². The van der Waals surface area contributed by atoms with Crippen molar-refractivity contribution in [1.29, 1.82) is 0 Å². The highest BCUT2D eigenvalue weighted by Gasteiger charge is 2.23. The summed E-state index contributed by atoms with van der Waals surface area (Å²) in [6.45, 7) is 2.70. The van der Waals surface area contributed by atoms with Gasteiger partial charge < -0.3 is 0 Å². The van der Waals surface area contributed by atoms with Gasteiger partial charge in [0.2, 0.25) is 10.0 Å². The zero-order chi connectivity index (χ0) is 13.9. The molecule has 1 N–H and O–H groups in total. The van der Waals surface area contributed by atoms with Crippen LogP contribution in [0.5, 0.6) is 0 Å². The molecule has 1 aromatic heterocycles. The van der Waals surface area contributed by atoms with E-state index in [-0.39, 0.29) is 9.92 Å². The zero-order valence-electron chi connectivity index (χ0n) is 11.0. The van der Waals surface area contributed by atoms with E-state index >= 15 is 0 Å². The Morgan fingerprint density at radius 2 is 2.26 bits per heavy atom. The van der Waals surface area contributed by atoms with Gasteiger partial charge in [-0.05, 0) is 30.7 Å². The van der Waals surface area contributed by atoms with Crippen molar-refractivity contribution in [2.24, 2.45) is 11.8 Å². The minimum absolute atomic E-state index is 0.0560. The highest BCUT2D eigenvalue weighted by atomic mass is 35.5. The van der Waals surface area contributed by atoms with Crippen molar-refractivity contribution in [3.05, 3.63) is 23.5 Å². The van der Waals surface area contributed by atoms with Crippen LogP contribution in [0, 0.1) is 11.8 Å². The maximum atomic E-state index is 12.1. The molecule has 4 nitrogen and oxygen atoms in total. The highest BCUT2D eigenvalue weighted by molar-refractivity contribution is 7.89. The van der Waals surface area contributed by atoms with E-state index in [1.54, 1.807) is 0 Å². The predicted octanol–water partition coefficient (Wildman–Crippen LogP) is 2.84. The van der Waals surface area contributed by atoms with Crippen LogP contribution >= 0.6 is 11.6 Å². The third kappa shape index (κ3) is 3.91. The van der Waals surface area contributed by atoms with Gasteiger partial charge in [-0.2, -0.15) is 0 Å². The second kappa shape index (κ2) is 6.20. The van der Waals surface area contributed by atoms with Gasteiger partial charge in [0, 0.05) is 18.9 Å². The molecule has 19 heavy (non-hydrogen) atoms. The minimum atomic E-state index is -3.55. The number of nitrogens with one attached hydrogen (secondary N) is 1. The lowest BCUT2D eigenvalue weighted by Gasteiger charge is -2.26. The number of pyridine rings is 1. The van der Waals surface area contributed by atoms with E-state index in [1.165, 1.54) is 31.3 Å². The van der Waals surface area contributed by atoms with E-state index in [9.17, 15) is 8.42 Å². The molecule has 1 saturated carbocycles. The molecule has 1 fully saturated rings. The average molecular weight is 303 g/mol. The summed E-state index contributed by atoms with van der Waals surface area (Å²) in [5.41, 5.74) is 0. The molecule has 6 heteroatoms. The van der Waals surface area contributed by atoms with Gasteiger partial charge in [0.25, 0.3) is 0 Å². The molecule has 0 saturated heterocycles. The summed E-state index contributed by atoms with van der Waals surface area (Å²) < 4.78 is 26.9. The largest absolute Gasteiger partial charge is 0.263 e. The maximum absolute atomic E-state index is 12.1. The van der Waals surface area contributed by atoms with Crippen LogP contribution < -0.4 is 4.72 Å². The van der Waals surface area contributed by atoms with E-state index in [1.807, 2.05) is 0 Å². The van der Waals surface area contributed by atoms with Crippen LogP contribution in [0.2, 0.25) is 5.02 Å². The van der Waals surface area contributed by atoms with Crippen LogP contribution in [0.25, 0.3) is 0 Å². The average Bonchev–Trinajstić information content (AvgIpc) is 2.37. The summed E-state index contributed by atoms with van der Waals surface area (Å²) in [7, 11) is -3.55. The van der Waals surface area contributed by atoms with Gasteiger partial charge in [-0.1, -0.05) is 31.4 Å². The summed E-state index contributed by atoms with van der Waals surface area (Å²) >= 11 is 5.89. The quantitative estimate of drug-likeness (QED) is 0.930. The number of sulfonamides is 1. The monoisotopic (exact) mass is 302 g/mol. The second-order valence-corrected chi connectivity index (χ2v) is 7.44. The molecule has 2 atom stereocenters. The molecule has 0 radical (unpaired) electrons. The minimum Gasteiger partial charge on any atom is -0.263 e. The number of rotatable bonds is 4. The van der Waals surface area contributed by atoms with E-state index in [0.717, 1.165) is 12.8 Å². The van der Waals surface area contributed by atoms with Crippen LogP contribution in [0.15, 0.2) is 23.4 Å². The fraction of sp³-hybridized carbons (Fsp3) is 0.615. The molecule has 1 aliphatic carbocycles. The summed E-state index contributed by atoms with van der Waals surface area (Å²) in [6, 6.07) is 1.48. The molecule has 106 valence electrons. The van der Waals surface area contributed by atoms with Crippen molar-refractivity contribution < 1.29 is 8.42 Å². The summed E-state index contributed by atoms with van der Waals surface area (Å²) in [6.07, 6.45) is 7.37. The summed E-state index contributed by atoms with van der Waals surface area (Å²) in [5, 5.41) is 0.208. The van der Waals surface area contributed by atoms with Crippen molar-refractivity contribution in [2.45, 2.75) is 37.5 Å². The molecular weight excluding hydrogens is 284 g/mol. The van der Waals surface area contributed by atoms with Gasteiger partial charge in [0.15, 0.2) is 0 Å². The van der Waals surface area contributed by atoms with Crippen LogP contribution in [-0.2, 0) is 10.0 Å². The van der Waals surface area contributed by atoms with E-state index < -0.39 is 10.0 Å². The standard InChI is InChI=1S/C13H19ClN2O2S/c1-10-3-2-4-11(7-10)8-16-19(17,18)13-9-15-6-5-12(13)14/h5-6,9-11,16H,2-4,7-8H2,1H3. The lowest BCUT2D eigenvalue weighted by Crippen LogP contribution is -2.31. The van der Waals surface area contributed by atoms with Crippen molar-refractivity contribution in [1.82, 2.24) is 9.71 Å². The third-order valence-corrected chi connectivity index (χ3v) is 5.52. The Hall–Kier alpha value is -0.650. The molecule has 2 unspecified atom stereocenters. The topological polar surface area (TPSA) is 59.1 Å². The Balaban J connectivity index is 2.00. The van der Waals surface area contributed by atoms with Gasteiger partial charge in [-0.15, -0.1) is 0 Å². The number of nitrogens with zero attached hydrogens (tertiary/aromatic N) is 1. The van der Waals surface area contributed by atoms with Crippen molar-refractivity contribution in [3.8, 4) is 0 Å². The Kier molecular flexibility index (Phi) is 4.81. The predicted molar refractivity (Wildman–Crippen MR) is 75.6 cm³/mol.